The van der Waals surface area contributed by atoms with Crippen molar-refractivity contribution in [3.8, 4) is 11.5 Å². The highest BCUT2D eigenvalue weighted by Crippen LogP contribution is 2.44. The van der Waals surface area contributed by atoms with Crippen molar-refractivity contribution in [2.75, 3.05) is 0 Å². The van der Waals surface area contributed by atoms with Gasteiger partial charge in [0.1, 0.15) is 17.5 Å². The highest BCUT2D eigenvalue weighted by molar-refractivity contribution is 5.74. The molecule has 0 saturated carbocycles. The first-order chi connectivity index (χ1) is 9.72. The molecule has 0 aliphatic carbocycles. The molecule has 0 aromatic heterocycles. The fourth-order valence-electron chi connectivity index (χ4n) is 2.38. The Morgan fingerprint density at radius 1 is 1.05 bits per heavy atom. The molecule has 2 aromatic carbocycles. The standard InChI is InChI=1S/C14H14N4O2/c15-17-14(19)18(16)13-9-5-1-3-7-11(9)20-12-8-4-2-6-10(12)13/h1-8,13H,15-16H2,(H,17,19). The van der Waals surface area contributed by atoms with Crippen LogP contribution in [0.3, 0.4) is 0 Å². The number of carbonyl (C=O) groups is 1. The summed E-state index contributed by atoms with van der Waals surface area (Å²) in [5.74, 6) is 12.4. The Bertz CT molecular complexity index is 614. The second-order valence-corrected chi connectivity index (χ2v) is 4.44. The van der Waals surface area contributed by atoms with E-state index >= 15 is 0 Å². The zero-order valence-electron chi connectivity index (χ0n) is 10.6. The van der Waals surface area contributed by atoms with Gasteiger partial charge in [0.15, 0.2) is 0 Å². The lowest BCUT2D eigenvalue weighted by molar-refractivity contribution is 0.182. The number of hydrogen-bond donors (Lipinski definition) is 3. The summed E-state index contributed by atoms with van der Waals surface area (Å²) in [5, 5.41) is 1.07. The first kappa shape index (κ1) is 12.5. The van der Waals surface area contributed by atoms with Gasteiger partial charge >= 0.3 is 6.03 Å². The van der Waals surface area contributed by atoms with Crippen molar-refractivity contribution in [3.05, 3.63) is 59.7 Å². The molecule has 102 valence electrons. The summed E-state index contributed by atoms with van der Waals surface area (Å²) >= 11 is 0. The van der Waals surface area contributed by atoms with Crippen LogP contribution in [0.1, 0.15) is 17.2 Å². The van der Waals surface area contributed by atoms with Gasteiger partial charge in [-0.3, -0.25) is 5.43 Å². The van der Waals surface area contributed by atoms with Crippen molar-refractivity contribution in [1.29, 1.82) is 0 Å². The predicted molar refractivity (Wildman–Crippen MR) is 73.5 cm³/mol. The van der Waals surface area contributed by atoms with Crippen LogP contribution in [-0.4, -0.2) is 11.0 Å². The molecule has 5 N–H and O–H groups in total. The number of nitrogens with zero attached hydrogens (tertiary/aromatic N) is 1. The molecule has 0 unspecified atom stereocenters. The van der Waals surface area contributed by atoms with Crippen molar-refractivity contribution in [1.82, 2.24) is 10.4 Å². The minimum absolute atomic E-state index is 0.445. The maximum Gasteiger partial charge on any atom is 0.346 e. The molecule has 0 atom stereocenters. The van der Waals surface area contributed by atoms with Gasteiger partial charge in [-0.2, -0.15) is 0 Å². The highest BCUT2D eigenvalue weighted by atomic mass is 16.5. The van der Waals surface area contributed by atoms with Crippen molar-refractivity contribution in [2.24, 2.45) is 11.7 Å². The second kappa shape index (κ2) is 4.84. The van der Waals surface area contributed by atoms with Crippen LogP contribution in [-0.2, 0) is 0 Å². The molecule has 6 nitrogen and oxygen atoms in total. The van der Waals surface area contributed by atoms with Crippen molar-refractivity contribution < 1.29 is 9.53 Å². The summed E-state index contributed by atoms with van der Waals surface area (Å²) in [6.07, 6.45) is 0. The van der Waals surface area contributed by atoms with Crippen LogP contribution in [0.25, 0.3) is 0 Å². The van der Waals surface area contributed by atoms with Gasteiger partial charge in [0.05, 0.1) is 0 Å². The molecule has 0 saturated heterocycles. The molecule has 1 aliphatic rings. The number of ether oxygens (including phenoxy) is 1. The number of amides is 2. The Balaban J connectivity index is 2.15. The summed E-state index contributed by atoms with van der Waals surface area (Å²) in [6, 6.07) is 13.9. The third-order valence-electron chi connectivity index (χ3n) is 3.28. The Labute approximate surface area is 115 Å². The maximum atomic E-state index is 11.8. The second-order valence-electron chi connectivity index (χ2n) is 4.44. The lowest BCUT2D eigenvalue weighted by Gasteiger charge is -2.33. The van der Waals surface area contributed by atoms with E-state index in [0.717, 1.165) is 16.1 Å². The zero-order valence-corrected chi connectivity index (χ0v) is 10.6. The lowest BCUT2D eigenvalue weighted by atomic mass is 9.94. The average Bonchev–Trinajstić information content (AvgIpc) is 2.51. The summed E-state index contributed by atoms with van der Waals surface area (Å²) in [4.78, 5) is 11.8. The van der Waals surface area contributed by atoms with E-state index in [1.165, 1.54) is 0 Å². The number of para-hydroxylation sites is 2. The van der Waals surface area contributed by atoms with Crippen LogP contribution in [0, 0.1) is 0 Å². The SMILES string of the molecule is NNC(=O)N(N)C1c2ccccc2Oc2ccccc21. The van der Waals surface area contributed by atoms with E-state index < -0.39 is 12.1 Å². The average molecular weight is 270 g/mol. The van der Waals surface area contributed by atoms with Crippen molar-refractivity contribution in [2.45, 2.75) is 6.04 Å². The minimum atomic E-state index is -0.568. The Hall–Kier alpha value is -2.57. The minimum Gasteiger partial charge on any atom is -0.457 e. The monoisotopic (exact) mass is 270 g/mol. The zero-order chi connectivity index (χ0) is 14.1. The number of nitrogens with two attached hydrogens (primary N) is 2. The molecule has 20 heavy (non-hydrogen) atoms. The Morgan fingerprint density at radius 3 is 2.05 bits per heavy atom. The van der Waals surface area contributed by atoms with E-state index in [0.29, 0.717) is 11.5 Å². The van der Waals surface area contributed by atoms with Crippen LogP contribution in [0.4, 0.5) is 4.79 Å². The molecule has 0 radical (unpaired) electrons. The number of hydrazine groups is 2. The van der Waals surface area contributed by atoms with Crippen molar-refractivity contribution in [3.63, 3.8) is 0 Å². The number of urea groups is 1. The van der Waals surface area contributed by atoms with Gasteiger partial charge in [0.25, 0.3) is 0 Å². The van der Waals surface area contributed by atoms with E-state index in [2.05, 4.69) is 0 Å². The quantitative estimate of drug-likeness (QED) is 0.417. The molecule has 1 aliphatic heterocycles. The number of fused-ring (bicyclic) bond motifs is 2. The van der Waals surface area contributed by atoms with Gasteiger partial charge in [-0.1, -0.05) is 36.4 Å². The Morgan fingerprint density at radius 2 is 1.55 bits per heavy atom. The van der Waals surface area contributed by atoms with Crippen molar-refractivity contribution >= 4 is 6.03 Å². The van der Waals surface area contributed by atoms with Gasteiger partial charge in [-0.25, -0.2) is 21.5 Å². The smallest absolute Gasteiger partial charge is 0.346 e. The molecule has 0 bridgehead atoms. The third kappa shape index (κ3) is 1.87. The topological polar surface area (TPSA) is 93.6 Å². The lowest BCUT2D eigenvalue weighted by Crippen LogP contribution is -2.49. The van der Waals surface area contributed by atoms with E-state index in [4.69, 9.17) is 16.4 Å². The van der Waals surface area contributed by atoms with Gasteiger partial charge in [0.2, 0.25) is 0 Å². The van der Waals surface area contributed by atoms with Crippen LogP contribution in [0.15, 0.2) is 48.5 Å². The fraction of sp³-hybridized carbons (Fsp3) is 0.0714. The van der Waals surface area contributed by atoms with E-state index in [-0.39, 0.29) is 0 Å². The molecular formula is C14H14N4O2. The largest absolute Gasteiger partial charge is 0.457 e. The maximum absolute atomic E-state index is 11.8. The summed E-state index contributed by atoms with van der Waals surface area (Å²) in [7, 11) is 0. The molecular weight excluding hydrogens is 256 g/mol. The third-order valence-corrected chi connectivity index (χ3v) is 3.28. The molecule has 6 heteroatoms. The van der Waals surface area contributed by atoms with Gasteiger partial charge in [-0.05, 0) is 12.1 Å². The van der Waals surface area contributed by atoms with Gasteiger partial charge < -0.3 is 4.74 Å². The van der Waals surface area contributed by atoms with E-state index in [1.54, 1.807) is 0 Å². The highest BCUT2D eigenvalue weighted by Gasteiger charge is 2.32. The first-order valence-corrected chi connectivity index (χ1v) is 6.12. The number of benzene rings is 2. The molecule has 2 amide bonds. The summed E-state index contributed by atoms with van der Waals surface area (Å²) < 4.78 is 5.83. The van der Waals surface area contributed by atoms with E-state index in [1.807, 2.05) is 54.0 Å². The first-order valence-electron chi connectivity index (χ1n) is 6.12. The number of rotatable bonds is 1. The molecule has 3 rings (SSSR count). The molecule has 0 fully saturated rings. The van der Waals surface area contributed by atoms with E-state index in [9.17, 15) is 4.79 Å². The van der Waals surface area contributed by atoms with Gasteiger partial charge in [-0.15, -0.1) is 0 Å². The van der Waals surface area contributed by atoms with Crippen LogP contribution < -0.4 is 21.8 Å². The fourth-order valence-corrected chi connectivity index (χ4v) is 2.38. The van der Waals surface area contributed by atoms with Crippen LogP contribution in [0.5, 0.6) is 11.5 Å². The molecule has 2 aromatic rings. The summed E-state index contributed by atoms with van der Waals surface area (Å²) in [5.41, 5.74) is 3.68. The number of carbonyl (C=O) groups excluding carboxylic acids is 1. The van der Waals surface area contributed by atoms with Gasteiger partial charge in [0, 0.05) is 11.1 Å². The van der Waals surface area contributed by atoms with Crippen LogP contribution in [0.2, 0.25) is 0 Å². The van der Waals surface area contributed by atoms with Crippen LogP contribution >= 0.6 is 0 Å². The molecule has 1 heterocycles. The molecule has 0 spiro atoms. The number of nitrogens with one attached hydrogen (secondary N) is 1. The predicted octanol–water partition coefficient (Wildman–Crippen LogP) is 1.64. The normalized spacial score (nSPS) is 12.9. The Kier molecular flexibility index (Phi) is 3.02. The summed E-state index contributed by atoms with van der Waals surface area (Å²) in [6.45, 7) is 0. The number of hydrogen-bond acceptors (Lipinski definition) is 4.